The number of amides is 1. The Labute approximate surface area is 208 Å². The standard InChI is InChI=1S/C25H28N4O7/c1-16-12-19(9-10-20(16)29(31)32)35-15-24(30)28(18-6-4-5-7-18)14-23-26-25(27-36-23)17-8-11-21(33-2)22(13-17)34-3/h8-13,18H,4-7,14-15H2,1-3H3. The number of rotatable bonds is 10. The molecular weight excluding hydrogens is 468 g/mol. The summed E-state index contributed by atoms with van der Waals surface area (Å²) in [6.07, 6.45) is 3.85. The molecule has 3 aromatic rings. The summed E-state index contributed by atoms with van der Waals surface area (Å²) >= 11 is 0. The molecule has 1 fully saturated rings. The number of nitro groups is 1. The first-order valence-electron chi connectivity index (χ1n) is 11.6. The van der Waals surface area contributed by atoms with Crippen molar-refractivity contribution in [2.24, 2.45) is 0 Å². The van der Waals surface area contributed by atoms with E-state index in [4.69, 9.17) is 18.7 Å². The Morgan fingerprint density at radius 3 is 2.56 bits per heavy atom. The van der Waals surface area contributed by atoms with Crippen molar-refractivity contribution in [1.82, 2.24) is 15.0 Å². The van der Waals surface area contributed by atoms with E-state index in [2.05, 4.69) is 10.1 Å². The Morgan fingerprint density at radius 2 is 1.89 bits per heavy atom. The number of carbonyl (C=O) groups excluding carboxylic acids is 1. The van der Waals surface area contributed by atoms with Crippen molar-refractivity contribution in [2.45, 2.75) is 45.2 Å². The summed E-state index contributed by atoms with van der Waals surface area (Å²) in [6, 6.07) is 9.79. The van der Waals surface area contributed by atoms with Crippen LogP contribution in [0.1, 0.15) is 37.1 Å². The number of aryl methyl sites for hydroxylation is 1. The van der Waals surface area contributed by atoms with Crippen LogP contribution in [0.3, 0.4) is 0 Å². The third-order valence-corrected chi connectivity index (χ3v) is 6.23. The Morgan fingerprint density at radius 1 is 1.14 bits per heavy atom. The zero-order valence-electron chi connectivity index (χ0n) is 20.4. The minimum atomic E-state index is -0.452. The zero-order chi connectivity index (χ0) is 25.7. The summed E-state index contributed by atoms with van der Waals surface area (Å²) in [5.74, 6) is 2.00. The van der Waals surface area contributed by atoms with E-state index in [1.807, 2.05) is 0 Å². The SMILES string of the molecule is COc1ccc(-c2noc(CN(C(=O)COc3ccc([N+](=O)[O-])c(C)c3)C3CCCC3)n2)cc1OC. The van der Waals surface area contributed by atoms with Gasteiger partial charge in [-0.05, 0) is 50.1 Å². The summed E-state index contributed by atoms with van der Waals surface area (Å²) in [7, 11) is 3.11. The van der Waals surface area contributed by atoms with Crippen molar-refractivity contribution in [1.29, 1.82) is 0 Å². The predicted octanol–water partition coefficient (Wildman–Crippen LogP) is 4.32. The molecule has 0 unspecified atom stereocenters. The van der Waals surface area contributed by atoms with E-state index in [0.717, 1.165) is 25.7 Å². The molecule has 0 radical (unpaired) electrons. The van der Waals surface area contributed by atoms with Gasteiger partial charge in [0.15, 0.2) is 18.1 Å². The maximum absolute atomic E-state index is 13.2. The molecule has 0 atom stereocenters. The van der Waals surface area contributed by atoms with Gasteiger partial charge in [-0.3, -0.25) is 14.9 Å². The van der Waals surface area contributed by atoms with Crippen LogP contribution in [0.5, 0.6) is 17.2 Å². The van der Waals surface area contributed by atoms with Crippen LogP contribution in [0.25, 0.3) is 11.4 Å². The molecule has 0 spiro atoms. The molecule has 0 aliphatic heterocycles. The number of benzene rings is 2. The molecule has 0 N–H and O–H groups in total. The lowest BCUT2D eigenvalue weighted by Crippen LogP contribution is -2.41. The number of carbonyl (C=O) groups is 1. The number of methoxy groups -OCH3 is 2. The van der Waals surface area contributed by atoms with Gasteiger partial charge in [-0.1, -0.05) is 18.0 Å². The van der Waals surface area contributed by atoms with Gasteiger partial charge in [0.2, 0.25) is 11.7 Å². The highest BCUT2D eigenvalue weighted by Crippen LogP contribution is 2.32. The molecule has 1 amide bonds. The highest BCUT2D eigenvalue weighted by atomic mass is 16.6. The van der Waals surface area contributed by atoms with Gasteiger partial charge >= 0.3 is 0 Å². The molecule has 190 valence electrons. The maximum atomic E-state index is 13.2. The lowest BCUT2D eigenvalue weighted by molar-refractivity contribution is -0.385. The number of hydrogen-bond donors (Lipinski definition) is 0. The Kier molecular flexibility index (Phi) is 7.67. The summed E-state index contributed by atoms with van der Waals surface area (Å²) in [4.78, 5) is 30.0. The molecule has 36 heavy (non-hydrogen) atoms. The largest absolute Gasteiger partial charge is 0.493 e. The lowest BCUT2D eigenvalue weighted by atomic mass is 10.2. The van der Waals surface area contributed by atoms with Crippen LogP contribution >= 0.6 is 0 Å². The fourth-order valence-corrected chi connectivity index (χ4v) is 4.34. The molecule has 11 heteroatoms. The minimum absolute atomic E-state index is 0.00272. The average molecular weight is 497 g/mol. The summed E-state index contributed by atoms with van der Waals surface area (Å²) in [5, 5.41) is 15.1. The van der Waals surface area contributed by atoms with E-state index in [1.54, 1.807) is 50.3 Å². The van der Waals surface area contributed by atoms with Crippen LogP contribution in [0.15, 0.2) is 40.9 Å². The quantitative estimate of drug-likeness (QED) is 0.297. The molecule has 1 aromatic heterocycles. The van der Waals surface area contributed by atoms with E-state index < -0.39 is 4.92 Å². The number of hydrogen-bond acceptors (Lipinski definition) is 9. The van der Waals surface area contributed by atoms with E-state index >= 15 is 0 Å². The van der Waals surface area contributed by atoms with Gasteiger partial charge in [0.25, 0.3) is 11.6 Å². The molecule has 1 heterocycles. The van der Waals surface area contributed by atoms with Gasteiger partial charge in [-0.25, -0.2) is 0 Å². The summed E-state index contributed by atoms with van der Waals surface area (Å²) in [6.45, 7) is 1.58. The predicted molar refractivity (Wildman–Crippen MR) is 129 cm³/mol. The molecule has 2 aromatic carbocycles. The van der Waals surface area contributed by atoms with Crippen LogP contribution in [-0.2, 0) is 11.3 Å². The van der Waals surface area contributed by atoms with Crippen molar-refractivity contribution < 1.29 is 28.5 Å². The molecule has 0 saturated heterocycles. The number of ether oxygens (including phenoxy) is 3. The maximum Gasteiger partial charge on any atom is 0.272 e. The van der Waals surface area contributed by atoms with Crippen molar-refractivity contribution >= 4 is 11.6 Å². The van der Waals surface area contributed by atoms with Gasteiger partial charge in [-0.2, -0.15) is 4.98 Å². The molecular formula is C25H28N4O7. The van der Waals surface area contributed by atoms with Crippen LogP contribution < -0.4 is 14.2 Å². The first kappa shape index (κ1) is 25.0. The van der Waals surface area contributed by atoms with E-state index in [0.29, 0.717) is 40.1 Å². The van der Waals surface area contributed by atoms with Crippen molar-refractivity contribution in [3.63, 3.8) is 0 Å². The van der Waals surface area contributed by atoms with E-state index in [1.165, 1.54) is 12.1 Å². The van der Waals surface area contributed by atoms with Crippen molar-refractivity contribution in [3.8, 4) is 28.6 Å². The first-order valence-corrected chi connectivity index (χ1v) is 11.6. The van der Waals surface area contributed by atoms with Gasteiger partial charge < -0.3 is 23.6 Å². The minimum Gasteiger partial charge on any atom is -0.493 e. The Bertz CT molecular complexity index is 1240. The molecule has 1 aliphatic rings. The van der Waals surface area contributed by atoms with Crippen LogP contribution in [0, 0.1) is 17.0 Å². The zero-order valence-corrected chi connectivity index (χ0v) is 20.4. The monoisotopic (exact) mass is 496 g/mol. The van der Waals surface area contributed by atoms with Crippen LogP contribution in [-0.4, -0.2) is 52.7 Å². The van der Waals surface area contributed by atoms with Crippen LogP contribution in [0.2, 0.25) is 0 Å². The Balaban J connectivity index is 1.47. The molecule has 11 nitrogen and oxygen atoms in total. The van der Waals surface area contributed by atoms with E-state index in [9.17, 15) is 14.9 Å². The normalized spacial score (nSPS) is 13.4. The first-order chi connectivity index (χ1) is 17.4. The summed E-state index contributed by atoms with van der Waals surface area (Å²) < 4.78 is 21.8. The second-order valence-electron chi connectivity index (χ2n) is 8.54. The molecule has 4 rings (SSSR count). The van der Waals surface area contributed by atoms with Crippen molar-refractivity contribution in [3.05, 3.63) is 58.0 Å². The lowest BCUT2D eigenvalue weighted by Gasteiger charge is -2.27. The van der Waals surface area contributed by atoms with Crippen LogP contribution in [0.4, 0.5) is 5.69 Å². The number of nitrogens with zero attached hydrogens (tertiary/aromatic N) is 4. The molecule has 0 bridgehead atoms. The third kappa shape index (κ3) is 5.56. The number of nitro benzene ring substituents is 1. The van der Waals surface area contributed by atoms with Crippen molar-refractivity contribution in [2.75, 3.05) is 20.8 Å². The smallest absolute Gasteiger partial charge is 0.272 e. The second kappa shape index (κ2) is 11.1. The highest BCUT2D eigenvalue weighted by molar-refractivity contribution is 5.78. The van der Waals surface area contributed by atoms with Gasteiger partial charge in [0.05, 0.1) is 19.1 Å². The fraction of sp³-hybridized carbons (Fsp3) is 0.400. The highest BCUT2D eigenvalue weighted by Gasteiger charge is 2.29. The second-order valence-corrected chi connectivity index (χ2v) is 8.54. The van der Waals surface area contributed by atoms with Gasteiger partial charge in [-0.15, -0.1) is 0 Å². The summed E-state index contributed by atoms with van der Waals surface area (Å²) in [5.41, 5.74) is 1.16. The number of aromatic nitrogens is 2. The third-order valence-electron chi connectivity index (χ3n) is 6.23. The fourth-order valence-electron chi connectivity index (χ4n) is 4.34. The van der Waals surface area contributed by atoms with E-state index in [-0.39, 0.29) is 30.8 Å². The van der Waals surface area contributed by atoms with Gasteiger partial charge in [0.1, 0.15) is 12.3 Å². The molecule has 1 aliphatic carbocycles. The molecule has 1 saturated carbocycles. The topological polar surface area (TPSA) is 130 Å². The average Bonchev–Trinajstić information content (AvgIpc) is 3.57. The Hall–Kier alpha value is -4.15. The van der Waals surface area contributed by atoms with Gasteiger partial charge in [0, 0.05) is 23.2 Å².